The van der Waals surface area contributed by atoms with Gasteiger partial charge in [0.1, 0.15) is 6.10 Å². The third-order valence-electron chi connectivity index (χ3n) is 7.81. The van der Waals surface area contributed by atoms with Crippen molar-refractivity contribution in [2.45, 2.75) is 91.6 Å². The molecule has 2 bridgehead atoms. The van der Waals surface area contributed by atoms with Crippen LogP contribution in [0.1, 0.15) is 67.2 Å². The van der Waals surface area contributed by atoms with Crippen molar-refractivity contribution < 1.29 is 24.5 Å². The van der Waals surface area contributed by atoms with Gasteiger partial charge in [0.15, 0.2) is 0 Å². The molecule has 7 unspecified atom stereocenters. The number of carbonyl (C=O) groups is 1. The lowest BCUT2D eigenvalue weighted by atomic mass is 9.50. The molecule has 3 rings (SSSR count). The van der Waals surface area contributed by atoms with Crippen LogP contribution < -0.4 is 0 Å². The molecule has 2 saturated carbocycles. The Bertz CT molecular complexity index is 708. The minimum absolute atomic E-state index is 0.0566. The zero-order valence-electron chi connectivity index (χ0n) is 18.8. The molecule has 5 heteroatoms. The molecule has 0 spiro atoms. The van der Waals surface area contributed by atoms with E-state index in [1.54, 1.807) is 0 Å². The number of hydrogen-bond donors (Lipinski definition) is 2. The number of rotatable bonds is 3. The van der Waals surface area contributed by atoms with E-state index in [-0.39, 0.29) is 29.3 Å². The smallest absolute Gasteiger partial charge is 0.302 e. The van der Waals surface area contributed by atoms with Crippen LogP contribution in [0.5, 0.6) is 0 Å². The summed E-state index contributed by atoms with van der Waals surface area (Å²) < 4.78 is 12.3. The van der Waals surface area contributed by atoms with Crippen LogP contribution in [0.15, 0.2) is 23.3 Å². The van der Waals surface area contributed by atoms with Crippen LogP contribution in [0.4, 0.5) is 0 Å². The first-order valence-corrected chi connectivity index (χ1v) is 11.0. The summed E-state index contributed by atoms with van der Waals surface area (Å²) in [5.74, 6) is -0.875. The van der Waals surface area contributed by atoms with Crippen LogP contribution in [0.2, 0.25) is 0 Å². The molecule has 7 atom stereocenters. The van der Waals surface area contributed by atoms with Crippen molar-refractivity contribution in [3.05, 3.63) is 23.3 Å². The summed E-state index contributed by atoms with van der Waals surface area (Å²) in [7, 11) is 0. The van der Waals surface area contributed by atoms with Gasteiger partial charge in [-0.25, -0.2) is 0 Å². The van der Waals surface area contributed by atoms with E-state index in [1.165, 1.54) is 18.1 Å². The highest BCUT2D eigenvalue weighted by molar-refractivity contribution is 5.66. The molecule has 0 saturated heterocycles. The fourth-order valence-corrected chi connectivity index (χ4v) is 6.79. The van der Waals surface area contributed by atoms with Crippen molar-refractivity contribution in [3.63, 3.8) is 0 Å². The summed E-state index contributed by atoms with van der Waals surface area (Å²) in [4.78, 5) is 12.2. The zero-order valence-corrected chi connectivity index (χ0v) is 18.8. The number of ether oxygens (including phenoxy) is 2. The lowest BCUT2D eigenvalue weighted by molar-refractivity contribution is -0.175. The normalized spacial score (nSPS) is 42.0. The predicted molar refractivity (Wildman–Crippen MR) is 112 cm³/mol. The Labute approximate surface area is 175 Å². The Morgan fingerprint density at radius 2 is 1.93 bits per heavy atom. The first kappa shape index (κ1) is 22.5. The van der Waals surface area contributed by atoms with Crippen molar-refractivity contribution >= 4 is 5.97 Å². The topological polar surface area (TPSA) is 76.0 Å². The number of fused-ring (bicyclic) bond motifs is 3. The lowest BCUT2D eigenvalue weighted by Crippen LogP contribution is -2.59. The van der Waals surface area contributed by atoms with E-state index in [0.29, 0.717) is 19.4 Å². The molecule has 0 aromatic heterocycles. The Morgan fingerprint density at radius 1 is 1.28 bits per heavy atom. The number of hydrogen-bond acceptors (Lipinski definition) is 5. The van der Waals surface area contributed by atoms with Crippen molar-refractivity contribution in [2.24, 2.45) is 22.7 Å². The highest BCUT2D eigenvalue weighted by Crippen LogP contribution is 2.59. The first-order valence-electron chi connectivity index (χ1n) is 11.0. The van der Waals surface area contributed by atoms with Crippen LogP contribution in [-0.2, 0) is 14.3 Å². The molecule has 164 valence electrons. The quantitative estimate of drug-likeness (QED) is 0.551. The number of aliphatic hydroxyl groups excluding tert-OH is 2. The molecule has 0 heterocycles. The summed E-state index contributed by atoms with van der Waals surface area (Å²) in [6, 6.07) is 0. The Balaban J connectivity index is 2.24. The van der Waals surface area contributed by atoms with Gasteiger partial charge in [0.05, 0.1) is 18.3 Å². The van der Waals surface area contributed by atoms with Gasteiger partial charge in [0.25, 0.3) is 0 Å². The minimum atomic E-state index is -0.630. The van der Waals surface area contributed by atoms with Gasteiger partial charge in [-0.05, 0) is 61.5 Å². The highest BCUT2D eigenvalue weighted by atomic mass is 16.5. The van der Waals surface area contributed by atoms with Crippen LogP contribution in [0.3, 0.4) is 0 Å². The first-order chi connectivity index (χ1) is 13.4. The van der Waals surface area contributed by atoms with Crippen molar-refractivity contribution in [3.8, 4) is 0 Å². The Hall–Kier alpha value is -1.17. The maximum Gasteiger partial charge on any atom is 0.302 e. The van der Waals surface area contributed by atoms with Crippen LogP contribution in [0.25, 0.3) is 0 Å². The second kappa shape index (κ2) is 7.82. The van der Waals surface area contributed by atoms with Crippen LogP contribution in [0, 0.1) is 22.7 Å². The average molecular weight is 407 g/mol. The van der Waals surface area contributed by atoms with Crippen LogP contribution >= 0.6 is 0 Å². The number of aliphatic hydroxyl groups is 2. The van der Waals surface area contributed by atoms with E-state index in [9.17, 15) is 15.0 Å². The zero-order chi connectivity index (χ0) is 21.7. The van der Waals surface area contributed by atoms with Gasteiger partial charge in [-0.2, -0.15) is 0 Å². The van der Waals surface area contributed by atoms with Crippen molar-refractivity contribution in [1.29, 1.82) is 0 Å². The summed E-state index contributed by atoms with van der Waals surface area (Å²) in [6.07, 6.45) is 0.943. The standard InChI is InChI=1S/C24H38O5/c1-8-28-18-12-24(7)10-9-16(26)14(3)20(24)22(29-15(4)25)21-17(27)11-13(2)19(18)23(21,5)6/h16-18,20-22,26-27H,3,8-12H2,1-2,4-7H3. The maximum atomic E-state index is 12.2. The predicted octanol–water partition coefficient (Wildman–Crippen LogP) is 3.78. The van der Waals surface area contributed by atoms with Gasteiger partial charge < -0.3 is 19.7 Å². The van der Waals surface area contributed by atoms with Crippen LogP contribution in [-0.4, -0.2) is 47.2 Å². The van der Waals surface area contributed by atoms with E-state index < -0.39 is 23.7 Å². The number of carbonyl (C=O) groups excluding carboxylic acids is 1. The second-order valence-corrected chi connectivity index (χ2v) is 10.2. The molecular formula is C24H38O5. The van der Waals surface area contributed by atoms with Gasteiger partial charge in [-0.3, -0.25) is 4.79 Å². The maximum absolute atomic E-state index is 12.2. The Morgan fingerprint density at radius 3 is 2.52 bits per heavy atom. The monoisotopic (exact) mass is 406 g/mol. The molecule has 0 radical (unpaired) electrons. The Kier molecular flexibility index (Phi) is 6.07. The van der Waals surface area contributed by atoms with Gasteiger partial charge in [-0.15, -0.1) is 0 Å². The van der Waals surface area contributed by atoms with E-state index in [0.717, 1.165) is 18.4 Å². The summed E-state index contributed by atoms with van der Waals surface area (Å²) in [5, 5.41) is 21.8. The van der Waals surface area contributed by atoms with Crippen molar-refractivity contribution in [1.82, 2.24) is 0 Å². The van der Waals surface area contributed by atoms with E-state index in [4.69, 9.17) is 9.47 Å². The molecule has 2 N–H and O–H groups in total. The summed E-state index contributed by atoms with van der Waals surface area (Å²) >= 11 is 0. The van der Waals surface area contributed by atoms with Gasteiger partial charge in [-0.1, -0.05) is 32.9 Å². The molecular weight excluding hydrogens is 368 g/mol. The second-order valence-electron chi connectivity index (χ2n) is 10.2. The molecule has 3 aliphatic rings. The fraction of sp³-hybridized carbons (Fsp3) is 0.792. The molecule has 5 nitrogen and oxygen atoms in total. The van der Waals surface area contributed by atoms with Crippen molar-refractivity contribution in [2.75, 3.05) is 6.61 Å². The lowest BCUT2D eigenvalue weighted by Gasteiger charge is -2.58. The SMILES string of the molecule is C=C1C(O)CCC2(C)CC(OCC)C3=C(C)CC(O)C(C(OC(C)=O)C12)C3(C)C. The van der Waals surface area contributed by atoms with Gasteiger partial charge in [0.2, 0.25) is 0 Å². The molecule has 3 aliphatic carbocycles. The largest absolute Gasteiger partial charge is 0.461 e. The molecule has 0 aromatic carbocycles. The fourth-order valence-electron chi connectivity index (χ4n) is 6.79. The van der Waals surface area contributed by atoms with E-state index >= 15 is 0 Å². The minimum Gasteiger partial charge on any atom is -0.461 e. The summed E-state index contributed by atoms with van der Waals surface area (Å²) in [5.41, 5.74) is 2.48. The third-order valence-corrected chi connectivity index (χ3v) is 7.81. The molecule has 0 aromatic rings. The third kappa shape index (κ3) is 3.70. The van der Waals surface area contributed by atoms with E-state index in [2.05, 4.69) is 34.3 Å². The van der Waals surface area contributed by atoms with Gasteiger partial charge >= 0.3 is 5.97 Å². The number of esters is 1. The molecule has 2 fully saturated rings. The molecule has 0 amide bonds. The molecule has 29 heavy (non-hydrogen) atoms. The summed E-state index contributed by atoms with van der Waals surface area (Å²) in [6.45, 7) is 16.9. The van der Waals surface area contributed by atoms with E-state index in [1.807, 2.05) is 6.92 Å². The van der Waals surface area contributed by atoms with Gasteiger partial charge in [0, 0.05) is 25.4 Å². The molecule has 0 aliphatic heterocycles. The highest BCUT2D eigenvalue weighted by Gasteiger charge is 2.59. The average Bonchev–Trinajstić information content (AvgIpc) is 2.56.